The van der Waals surface area contributed by atoms with E-state index >= 15 is 0 Å². The van der Waals surface area contributed by atoms with E-state index in [9.17, 15) is 0 Å². The summed E-state index contributed by atoms with van der Waals surface area (Å²) in [6.45, 7) is 14.1. The van der Waals surface area contributed by atoms with Crippen molar-refractivity contribution >= 4 is 57.2 Å². The summed E-state index contributed by atoms with van der Waals surface area (Å²) >= 11 is 0. The second kappa shape index (κ2) is 15.7. The second-order valence-corrected chi connectivity index (χ2v) is 19.8. The van der Waals surface area contributed by atoms with Gasteiger partial charge in [0.05, 0.1) is 0 Å². The summed E-state index contributed by atoms with van der Waals surface area (Å²) < 4.78 is 0. The van der Waals surface area contributed by atoms with E-state index in [1.54, 1.807) is 0 Å². The molecule has 0 amide bonds. The van der Waals surface area contributed by atoms with Crippen LogP contribution in [0.3, 0.4) is 0 Å². The van der Waals surface area contributed by atoms with Gasteiger partial charge in [-0.2, -0.15) is 0 Å². The molecule has 9 aromatic carbocycles. The van der Waals surface area contributed by atoms with Gasteiger partial charge in [0.15, 0.2) is 0 Å². The molecule has 0 saturated heterocycles. The molecule has 0 atom stereocenters. The highest BCUT2D eigenvalue weighted by molar-refractivity contribution is 7.00. The zero-order valence-corrected chi connectivity index (χ0v) is 38.2. The molecule has 2 aliphatic heterocycles. The van der Waals surface area contributed by atoms with E-state index in [2.05, 4.69) is 264 Å². The number of hydrogen-bond acceptors (Lipinski definition) is 2. The Labute approximate surface area is 385 Å². The molecular weight excluding hydrogens is 784 g/mol. The summed E-state index contributed by atoms with van der Waals surface area (Å²) in [5.41, 5.74) is 23.4. The van der Waals surface area contributed by atoms with Crippen molar-refractivity contribution in [3.05, 3.63) is 223 Å². The van der Waals surface area contributed by atoms with Gasteiger partial charge in [-0.25, -0.2) is 0 Å². The number of benzene rings is 9. The van der Waals surface area contributed by atoms with Gasteiger partial charge >= 0.3 is 0 Å². The van der Waals surface area contributed by atoms with Crippen molar-refractivity contribution in [1.82, 2.24) is 0 Å². The monoisotopic (exact) mass is 836 g/mol. The van der Waals surface area contributed by atoms with Gasteiger partial charge < -0.3 is 9.80 Å². The van der Waals surface area contributed by atoms with E-state index in [0.29, 0.717) is 0 Å². The molecule has 11 rings (SSSR count). The van der Waals surface area contributed by atoms with Gasteiger partial charge in [0, 0.05) is 34.1 Å². The quantitative estimate of drug-likeness (QED) is 0.154. The smallest absolute Gasteiger partial charge is 0.252 e. The molecule has 0 saturated carbocycles. The molecule has 0 unspecified atom stereocenters. The van der Waals surface area contributed by atoms with Crippen LogP contribution in [0.4, 0.5) is 34.1 Å². The SMILES string of the molecule is CC(C)(C)c1cc2c(cc1-c1ccccc1)B1c3cc(-c4ccccc4)c(C(C)(C)C)cc3N(c3ccc(-c4ccccc4)cc3)c3cccc(c31)N2c1ccc(-c2ccccc2)cc1. The fourth-order valence-electron chi connectivity index (χ4n) is 10.4. The van der Waals surface area contributed by atoms with Crippen molar-refractivity contribution in [3.8, 4) is 44.5 Å². The zero-order chi connectivity index (χ0) is 44.5. The predicted molar refractivity (Wildman–Crippen MR) is 280 cm³/mol. The van der Waals surface area contributed by atoms with Crippen molar-refractivity contribution in [2.75, 3.05) is 9.80 Å². The Hall–Kier alpha value is -7.36. The molecule has 314 valence electrons. The maximum Gasteiger partial charge on any atom is 0.252 e. The summed E-state index contributed by atoms with van der Waals surface area (Å²) in [5, 5.41) is 0. The minimum atomic E-state index is -0.125. The van der Waals surface area contributed by atoms with Crippen LogP contribution in [0.2, 0.25) is 0 Å². The maximum absolute atomic E-state index is 2.55. The lowest BCUT2D eigenvalue weighted by atomic mass is 9.33. The van der Waals surface area contributed by atoms with Crippen molar-refractivity contribution in [1.29, 1.82) is 0 Å². The van der Waals surface area contributed by atoms with Crippen molar-refractivity contribution in [2.45, 2.75) is 52.4 Å². The van der Waals surface area contributed by atoms with Gasteiger partial charge in [-0.05, 0) is 131 Å². The average molecular weight is 837 g/mol. The van der Waals surface area contributed by atoms with E-state index in [1.165, 1.54) is 94.8 Å². The molecule has 0 N–H and O–H groups in total. The summed E-state index contributed by atoms with van der Waals surface area (Å²) in [6.07, 6.45) is 0. The Morgan fingerprint density at radius 2 is 0.631 bits per heavy atom. The Morgan fingerprint density at radius 1 is 0.308 bits per heavy atom. The van der Waals surface area contributed by atoms with Crippen LogP contribution in [-0.2, 0) is 10.8 Å². The van der Waals surface area contributed by atoms with Gasteiger partial charge in [-0.3, -0.25) is 0 Å². The summed E-state index contributed by atoms with van der Waals surface area (Å²) in [4.78, 5) is 5.10. The molecule has 0 fully saturated rings. The first-order valence-electron chi connectivity index (χ1n) is 23.0. The van der Waals surface area contributed by atoms with E-state index in [0.717, 1.165) is 11.4 Å². The summed E-state index contributed by atoms with van der Waals surface area (Å²) in [5.74, 6) is 0. The van der Waals surface area contributed by atoms with E-state index in [4.69, 9.17) is 0 Å². The third kappa shape index (κ3) is 7.07. The van der Waals surface area contributed by atoms with Gasteiger partial charge in [-0.15, -0.1) is 0 Å². The van der Waals surface area contributed by atoms with Crippen LogP contribution in [-0.4, -0.2) is 6.71 Å². The molecule has 0 spiro atoms. The first-order valence-corrected chi connectivity index (χ1v) is 23.0. The number of anilines is 6. The molecule has 9 aromatic rings. The van der Waals surface area contributed by atoms with Crippen LogP contribution >= 0.6 is 0 Å². The Balaban J connectivity index is 1.23. The van der Waals surface area contributed by atoms with Crippen LogP contribution in [0.5, 0.6) is 0 Å². The van der Waals surface area contributed by atoms with Crippen molar-refractivity contribution in [3.63, 3.8) is 0 Å². The minimum Gasteiger partial charge on any atom is -0.311 e. The molecule has 3 heteroatoms. The number of nitrogens with zero attached hydrogens (tertiary/aromatic N) is 2. The molecule has 0 aromatic heterocycles. The molecule has 2 nitrogen and oxygen atoms in total. The lowest BCUT2D eigenvalue weighted by Gasteiger charge is -2.45. The van der Waals surface area contributed by atoms with Crippen LogP contribution in [0, 0.1) is 0 Å². The summed E-state index contributed by atoms with van der Waals surface area (Å²) in [7, 11) is 0. The van der Waals surface area contributed by atoms with Gasteiger partial charge in [0.1, 0.15) is 0 Å². The standard InChI is InChI=1S/C62H53BN2/c1-61(2,3)52-40-58-54(38-50(52)46-24-15-9-16-25-46)63-55-39-51(47-26-17-10-18-27-47)53(62(4,5)6)41-59(55)65(49-36-32-45(33-37-49)43-22-13-8-14-23-43)57-29-19-28-56(60(57)63)64(58)48-34-30-44(31-35-48)42-20-11-7-12-21-42/h7-41H,1-6H3. The third-order valence-electron chi connectivity index (χ3n) is 13.5. The highest BCUT2D eigenvalue weighted by Gasteiger charge is 2.45. The molecule has 2 heterocycles. The lowest BCUT2D eigenvalue weighted by Crippen LogP contribution is -2.61. The lowest BCUT2D eigenvalue weighted by molar-refractivity contribution is 0.592. The summed E-state index contributed by atoms with van der Waals surface area (Å²) in [6, 6.07) is 78.9. The highest BCUT2D eigenvalue weighted by Crippen LogP contribution is 2.48. The van der Waals surface area contributed by atoms with E-state index in [-0.39, 0.29) is 17.5 Å². The first kappa shape index (κ1) is 40.4. The fraction of sp³-hybridized carbons (Fsp3) is 0.129. The number of fused-ring (bicyclic) bond motifs is 4. The van der Waals surface area contributed by atoms with E-state index in [1.807, 2.05) is 0 Å². The van der Waals surface area contributed by atoms with Crippen LogP contribution < -0.4 is 26.2 Å². The van der Waals surface area contributed by atoms with Crippen molar-refractivity contribution < 1.29 is 0 Å². The highest BCUT2D eigenvalue weighted by atomic mass is 15.2. The molecule has 0 aliphatic carbocycles. The Morgan fingerprint density at radius 3 is 0.969 bits per heavy atom. The number of hydrogen-bond donors (Lipinski definition) is 0. The fourth-order valence-corrected chi connectivity index (χ4v) is 10.4. The average Bonchev–Trinajstić information content (AvgIpc) is 3.34. The Kier molecular flexibility index (Phi) is 9.77. The predicted octanol–water partition coefficient (Wildman–Crippen LogP) is 15.0. The first-order chi connectivity index (χ1) is 31.5. The van der Waals surface area contributed by atoms with Crippen LogP contribution in [0.25, 0.3) is 44.5 Å². The van der Waals surface area contributed by atoms with Crippen LogP contribution in [0.1, 0.15) is 52.7 Å². The number of rotatable bonds is 6. The third-order valence-corrected chi connectivity index (χ3v) is 13.5. The topological polar surface area (TPSA) is 6.48 Å². The molecule has 65 heavy (non-hydrogen) atoms. The molecule has 2 aliphatic rings. The molecular formula is C62H53BN2. The van der Waals surface area contributed by atoms with Gasteiger partial charge in [-0.1, -0.05) is 205 Å². The Bertz CT molecular complexity index is 2970. The molecule has 0 bridgehead atoms. The molecule has 0 radical (unpaired) electrons. The zero-order valence-electron chi connectivity index (χ0n) is 38.2. The normalized spacial score (nSPS) is 13.0. The second-order valence-electron chi connectivity index (χ2n) is 19.8. The van der Waals surface area contributed by atoms with Crippen LogP contribution in [0.15, 0.2) is 212 Å². The van der Waals surface area contributed by atoms with Gasteiger partial charge in [0.25, 0.3) is 6.71 Å². The largest absolute Gasteiger partial charge is 0.311 e. The van der Waals surface area contributed by atoms with Crippen molar-refractivity contribution in [2.24, 2.45) is 0 Å². The maximum atomic E-state index is 2.55. The minimum absolute atomic E-state index is 0.0427. The van der Waals surface area contributed by atoms with Gasteiger partial charge in [0.2, 0.25) is 0 Å². The van der Waals surface area contributed by atoms with E-state index < -0.39 is 0 Å².